The lowest BCUT2D eigenvalue weighted by Gasteiger charge is -2.16. The minimum atomic E-state index is 0. The fourth-order valence-corrected chi connectivity index (χ4v) is 2.50. The molecule has 0 saturated carbocycles. The number of amides is 1. The third kappa shape index (κ3) is 6.34. The summed E-state index contributed by atoms with van der Waals surface area (Å²) in [7, 11) is 3.65. The highest BCUT2D eigenvalue weighted by Gasteiger charge is 2.07. The number of benzene rings is 1. The number of aryl methyl sites for hydroxylation is 1. The number of aromatic nitrogens is 2. The van der Waals surface area contributed by atoms with Gasteiger partial charge in [-0.15, -0.1) is 12.4 Å². The Morgan fingerprint density at radius 1 is 1.21 bits per heavy atom. The Balaban J connectivity index is 0.00000288. The van der Waals surface area contributed by atoms with Crippen LogP contribution in [0.3, 0.4) is 0 Å². The first-order valence-corrected chi connectivity index (χ1v) is 8.19. The lowest BCUT2D eigenvalue weighted by atomic mass is 10.1. The lowest BCUT2D eigenvalue weighted by molar-refractivity contribution is -0.128. The first-order chi connectivity index (χ1) is 11.2. The van der Waals surface area contributed by atoms with Gasteiger partial charge in [0.1, 0.15) is 0 Å². The number of nitrogens with zero attached hydrogens (tertiary/aromatic N) is 2. The van der Waals surface area contributed by atoms with Gasteiger partial charge in [-0.2, -0.15) is 5.10 Å². The maximum atomic E-state index is 11.6. The average Bonchev–Trinajstić information content (AvgIpc) is 3.04. The maximum Gasteiger partial charge on any atom is 0.236 e. The molecule has 1 heterocycles. The topological polar surface area (TPSA) is 61.0 Å². The van der Waals surface area contributed by atoms with Crippen molar-refractivity contribution in [2.24, 2.45) is 0 Å². The van der Waals surface area contributed by atoms with Gasteiger partial charge in [0.15, 0.2) is 0 Å². The van der Waals surface area contributed by atoms with E-state index in [2.05, 4.69) is 33.7 Å². The van der Waals surface area contributed by atoms with Crippen molar-refractivity contribution in [1.82, 2.24) is 20.4 Å². The third-order valence-electron chi connectivity index (χ3n) is 3.89. The summed E-state index contributed by atoms with van der Waals surface area (Å²) in [6.07, 6.45) is 4.24. The summed E-state index contributed by atoms with van der Waals surface area (Å²) in [5.74, 6) is 0.147. The Morgan fingerprint density at radius 2 is 1.96 bits per heavy atom. The van der Waals surface area contributed by atoms with Crippen molar-refractivity contribution < 1.29 is 4.79 Å². The zero-order chi connectivity index (χ0) is 16.5. The Hall–Kier alpha value is -1.85. The van der Waals surface area contributed by atoms with Gasteiger partial charge in [0.05, 0.1) is 12.2 Å². The van der Waals surface area contributed by atoms with Crippen molar-refractivity contribution in [2.45, 2.75) is 25.7 Å². The van der Waals surface area contributed by atoms with Crippen LogP contribution in [0.2, 0.25) is 0 Å². The van der Waals surface area contributed by atoms with E-state index in [0.29, 0.717) is 6.54 Å². The summed E-state index contributed by atoms with van der Waals surface area (Å²) >= 11 is 0. The molecule has 0 aliphatic rings. The molecule has 1 aromatic heterocycles. The zero-order valence-electron chi connectivity index (χ0n) is 14.4. The monoisotopic (exact) mass is 350 g/mol. The van der Waals surface area contributed by atoms with E-state index in [9.17, 15) is 4.79 Å². The molecular formula is C18H27ClN4O. The van der Waals surface area contributed by atoms with Gasteiger partial charge < -0.3 is 10.2 Å². The molecule has 2 N–H and O–H groups in total. The van der Waals surface area contributed by atoms with Crippen molar-refractivity contribution in [2.75, 3.05) is 27.2 Å². The van der Waals surface area contributed by atoms with Gasteiger partial charge in [0, 0.05) is 24.8 Å². The van der Waals surface area contributed by atoms with Crippen molar-refractivity contribution >= 4 is 18.3 Å². The molecule has 0 atom stereocenters. The Bertz CT molecular complexity index is 600. The van der Waals surface area contributed by atoms with E-state index in [1.54, 1.807) is 11.9 Å². The SMILES string of the molecule is CNCC(=O)N(C)CCCCCc1cc(-c2ccccc2)n[nH]1.Cl. The van der Waals surface area contributed by atoms with Crippen LogP contribution in [0.15, 0.2) is 36.4 Å². The van der Waals surface area contributed by atoms with E-state index in [4.69, 9.17) is 0 Å². The van der Waals surface area contributed by atoms with Crippen LogP contribution in [0.1, 0.15) is 25.0 Å². The van der Waals surface area contributed by atoms with Crippen molar-refractivity contribution in [3.8, 4) is 11.3 Å². The van der Waals surface area contributed by atoms with E-state index in [1.165, 1.54) is 5.69 Å². The van der Waals surface area contributed by atoms with Crippen LogP contribution >= 0.6 is 12.4 Å². The van der Waals surface area contributed by atoms with Crippen LogP contribution in [0, 0.1) is 0 Å². The second kappa shape index (κ2) is 10.8. The molecule has 0 spiro atoms. The Morgan fingerprint density at radius 3 is 2.67 bits per heavy atom. The number of carbonyl (C=O) groups excluding carboxylic acids is 1. The smallest absolute Gasteiger partial charge is 0.236 e. The molecule has 0 aliphatic heterocycles. The fraction of sp³-hybridized carbons (Fsp3) is 0.444. The summed E-state index contributed by atoms with van der Waals surface area (Å²) in [5.41, 5.74) is 3.31. The molecule has 2 rings (SSSR count). The standard InChI is InChI=1S/C18H26N4O.ClH/c1-19-14-18(23)22(2)12-8-4-7-11-16-13-17(21-20-16)15-9-5-3-6-10-15;/h3,5-6,9-10,13,19H,4,7-8,11-12,14H2,1-2H3,(H,20,21);1H. The predicted octanol–water partition coefficient (Wildman–Crippen LogP) is 2.89. The van der Waals surface area contributed by atoms with Crippen molar-refractivity contribution in [1.29, 1.82) is 0 Å². The molecule has 0 unspecified atom stereocenters. The summed E-state index contributed by atoms with van der Waals surface area (Å²) in [4.78, 5) is 13.4. The van der Waals surface area contributed by atoms with Gasteiger partial charge in [-0.25, -0.2) is 0 Å². The van der Waals surface area contributed by atoms with Gasteiger partial charge in [-0.3, -0.25) is 9.89 Å². The van der Waals surface area contributed by atoms with Crippen LogP contribution in [-0.2, 0) is 11.2 Å². The predicted molar refractivity (Wildman–Crippen MR) is 100 cm³/mol. The molecule has 132 valence electrons. The van der Waals surface area contributed by atoms with Crippen molar-refractivity contribution in [3.05, 3.63) is 42.1 Å². The third-order valence-corrected chi connectivity index (χ3v) is 3.89. The first-order valence-electron chi connectivity index (χ1n) is 8.19. The number of hydrogen-bond acceptors (Lipinski definition) is 3. The van der Waals surface area contributed by atoms with E-state index in [1.807, 2.05) is 25.2 Å². The molecule has 0 fully saturated rings. The number of likely N-dealkylation sites (N-methyl/N-ethyl adjacent to an activating group) is 2. The first kappa shape index (κ1) is 20.2. The van der Waals surface area contributed by atoms with Gasteiger partial charge in [-0.05, 0) is 32.4 Å². The lowest BCUT2D eigenvalue weighted by Crippen LogP contribution is -2.34. The number of rotatable bonds is 9. The van der Waals surface area contributed by atoms with Gasteiger partial charge in [0.2, 0.25) is 5.91 Å². The molecule has 0 radical (unpaired) electrons. The molecule has 5 nitrogen and oxygen atoms in total. The maximum absolute atomic E-state index is 11.6. The number of aromatic amines is 1. The molecule has 0 bridgehead atoms. The van der Waals surface area contributed by atoms with Gasteiger partial charge in [0.25, 0.3) is 0 Å². The molecule has 1 aromatic carbocycles. The quantitative estimate of drug-likeness (QED) is 0.683. The van der Waals surface area contributed by atoms with Crippen LogP contribution < -0.4 is 5.32 Å². The molecule has 0 aliphatic carbocycles. The Kier molecular flexibility index (Phi) is 9.12. The largest absolute Gasteiger partial charge is 0.345 e. The van der Waals surface area contributed by atoms with E-state index in [0.717, 1.165) is 43.5 Å². The van der Waals surface area contributed by atoms with E-state index < -0.39 is 0 Å². The zero-order valence-corrected chi connectivity index (χ0v) is 15.2. The van der Waals surface area contributed by atoms with Crippen LogP contribution in [-0.4, -0.2) is 48.2 Å². The number of unbranched alkanes of at least 4 members (excludes halogenated alkanes) is 2. The highest BCUT2D eigenvalue weighted by Crippen LogP contribution is 2.17. The van der Waals surface area contributed by atoms with Crippen LogP contribution in [0.4, 0.5) is 0 Å². The molecule has 6 heteroatoms. The second-order valence-corrected chi connectivity index (χ2v) is 5.80. The average molecular weight is 351 g/mol. The number of hydrogen-bond donors (Lipinski definition) is 2. The summed E-state index contributed by atoms with van der Waals surface area (Å²) in [6, 6.07) is 12.3. The minimum absolute atomic E-state index is 0. The number of H-pyrrole nitrogens is 1. The highest BCUT2D eigenvalue weighted by molar-refractivity contribution is 5.85. The normalized spacial score (nSPS) is 10.2. The molecule has 24 heavy (non-hydrogen) atoms. The Labute approximate surface area is 150 Å². The summed E-state index contributed by atoms with van der Waals surface area (Å²) in [6.45, 7) is 1.23. The number of carbonyl (C=O) groups is 1. The number of halogens is 1. The second-order valence-electron chi connectivity index (χ2n) is 5.80. The summed E-state index contributed by atoms with van der Waals surface area (Å²) < 4.78 is 0. The van der Waals surface area contributed by atoms with Crippen LogP contribution in [0.5, 0.6) is 0 Å². The van der Waals surface area contributed by atoms with E-state index >= 15 is 0 Å². The van der Waals surface area contributed by atoms with Crippen molar-refractivity contribution in [3.63, 3.8) is 0 Å². The van der Waals surface area contributed by atoms with E-state index in [-0.39, 0.29) is 18.3 Å². The molecule has 2 aromatic rings. The minimum Gasteiger partial charge on any atom is -0.345 e. The fourth-order valence-electron chi connectivity index (χ4n) is 2.50. The van der Waals surface area contributed by atoms with Gasteiger partial charge in [-0.1, -0.05) is 36.8 Å². The highest BCUT2D eigenvalue weighted by atomic mass is 35.5. The number of nitrogens with one attached hydrogen (secondary N) is 2. The molecule has 0 saturated heterocycles. The molecular weight excluding hydrogens is 324 g/mol. The summed E-state index contributed by atoms with van der Waals surface area (Å²) in [5, 5.41) is 10.4. The molecule has 1 amide bonds. The van der Waals surface area contributed by atoms with Crippen LogP contribution in [0.25, 0.3) is 11.3 Å². The van der Waals surface area contributed by atoms with Gasteiger partial charge >= 0.3 is 0 Å².